The minimum atomic E-state index is -3.66. The number of nitrogens with two attached hydrogens (primary N) is 1. The Kier molecular flexibility index (Phi) is 3.96. The fourth-order valence-corrected chi connectivity index (χ4v) is 3.68. The van der Waals surface area contributed by atoms with E-state index in [1.54, 1.807) is 25.1 Å². The summed E-state index contributed by atoms with van der Waals surface area (Å²) in [6, 6.07) is 8.94. The quantitative estimate of drug-likeness (QED) is 0.855. The van der Waals surface area contributed by atoms with Crippen molar-refractivity contribution in [1.29, 1.82) is 0 Å². The van der Waals surface area contributed by atoms with Crippen LogP contribution in [0.2, 0.25) is 0 Å². The predicted octanol–water partition coefficient (Wildman–Crippen LogP) is 3.30. The molecule has 0 fully saturated rings. The number of rotatable bonds is 3. The van der Waals surface area contributed by atoms with E-state index in [1.807, 2.05) is 32.9 Å². The molecule has 0 saturated heterocycles. The van der Waals surface area contributed by atoms with Crippen LogP contribution in [0, 0.1) is 27.7 Å². The van der Waals surface area contributed by atoms with Gasteiger partial charge >= 0.3 is 0 Å². The molecule has 5 heteroatoms. The third-order valence-corrected chi connectivity index (χ3v) is 5.17. The highest BCUT2D eigenvalue weighted by atomic mass is 32.2. The Hall–Kier alpha value is -2.01. The van der Waals surface area contributed by atoms with Crippen molar-refractivity contribution in [3.63, 3.8) is 0 Å². The molecule has 4 nitrogen and oxygen atoms in total. The Bertz CT molecular complexity index is 796. The van der Waals surface area contributed by atoms with Gasteiger partial charge in [-0.05, 0) is 68.1 Å². The average Bonchev–Trinajstić information content (AvgIpc) is 2.39. The van der Waals surface area contributed by atoms with Gasteiger partial charge < -0.3 is 5.73 Å². The van der Waals surface area contributed by atoms with E-state index in [4.69, 9.17) is 5.73 Å². The second-order valence-electron chi connectivity index (χ2n) is 5.33. The van der Waals surface area contributed by atoms with Gasteiger partial charge in [-0.1, -0.05) is 12.1 Å². The average molecular weight is 304 g/mol. The molecule has 0 aliphatic rings. The lowest BCUT2D eigenvalue weighted by Gasteiger charge is -2.15. The molecule has 2 rings (SSSR count). The summed E-state index contributed by atoms with van der Waals surface area (Å²) in [6.07, 6.45) is 0. The Morgan fingerprint density at radius 2 is 1.67 bits per heavy atom. The Labute approximate surface area is 126 Å². The highest BCUT2D eigenvalue weighted by Gasteiger charge is 2.19. The highest BCUT2D eigenvalue weighted by Crippen LogP contribution is 2.27. The first-order chi connectivity index (χ1) is 9.72. The molecule has 0 unspecified atom stereocenters. The zero-order chi connectivity index (χ0) is 15.8. The first-order valence-electron chi connectivity index (χ1n) is 6.68. The fraction of sp³-hybridized carbons (Fsp3) is 0.250. The number of sulfonamides is 1. The van der Waals surface area contributed by atoms with Gasteiger partial charge in [-0.2, -0.15) is 0 Å². The zero-order valence-corrected chi connectivity index (χ0v) is 13.5. The minimum Gasteiger partial charge on any atom is -0.398 e. The number of anilines is 2. The summed E-state index contributed by atoms with van der Waals surface area (Å²) in [5.41, 5.74) is 10.3. The monoisotopic (exact) mass is 304 g/mol. The number of nitrogens with one attached hydrogen (secondary N) is 1. The van der Waals surface area contributed by atoms with Gasteiger partial charge in [0, 0.05) is 5.69 Å². The minimum absolute atomic E-state index is 0.223. The smallest absolute Gasteiger partial charge is 0.262 e. The van der Waals surface area contributed by atoms with E-state index < -0.39 is 10.0 Å². The number of hydrogen-bond donors (Lipinski definition) is 2. The maximum absolute atomic E-state index is 12.6. The molecule has 0 aliphatic carbocycles. The fourth-order valence-electron chi connectivity index (χ4n) is 2.19. The third-order valence-electron chi connectivity index (χ3n) is 3.68. The lowest BCUT2D eigenvalue weighted by molar-refractivity contribution is 0.600. The number of benzene rings is 2. The van der Waals surface area contributed by atoms with Crippen LogP contribution in [0.3, 0.4) is 0 Å². The van der Waals surface area contributed by atoms with E-state index >= 15 is 0 Å². The molecule has 0 radical (unpaired) electrons. The van der Waals surface area contributed by atoms with E-state index in [2.05, 4.69) is 4.72 Å². The summed E-state index contributed by atoms with van der Waals surface area (Å²) in [5, 5.41) is 0. The first-order valence-corrected chi connectivity index (χ1v) is 8.16. The van der Waals surface area contributed by atoms with Gasteiger partial charge in [0.15, 0.2) is 0 Å². The van der Waals surface area contributed by atoms with Gasteiger partial charge in [-0.25, -0.2) is 8.42 Å². The molecule has 0 aromatic heterocycles. The number of aryl methyl sites for hydroxylation is 2. The molecule has 2 aromatic rings. The molecule has 3 N–H and O–H groups in total. The van der Waals surface area contributed by atoms with Crippen LogP contribution < -0.4 is 10.5 Å². The summed E-state index contributed by atoms with van der Waals surface area (Å²) < 4.78 is 27.9. The van der Waals surface area contributed by atoms with Crippen LogP contribution in [-0.2, 0) is 10.0 Å². The summed E-state index contributed by atoms with van der Waals surface area (Å²) in [4.78, 5) is 0.223. The lowest BCUT2D eigenvalue weighted by Crippen LogP contribution is -2.16. The topological polar surface area (TPSA) is 72.2 Å². The maximum Gasteiger partial charge on any atom is 0.262 e. The van der Waals surface area contributed by atoms with Crippen molar-refractivity contribution in [2.75, 3.05) is 10.5 Å². The van der Waals surface area contributed by atoms with Crippen molar-refractivity contribution < 1.29 is 8.42 Å². The molecule has 0 spiro atoms. The summed E-state index contributed by atoms with van der Waals surface area (Å²) in [5.74, 6) is 0. The molecule has 2 aromatic carbocycles. The molecule has 21 heavy (non-hydrogen) atoms. The molecular weight excluding hydrogens is 284 g/mol. The molecule has 0 heterocycles. The van der Waals surface area contributed by atoms with Gasteiger partial charge in [-0.15, -0.1) is 0 Å². The Morgan fingerprint density at radius 1 is 1.00 bits per heavy atom. The van der Waals surface area contributed by atoms with Crippen LogP contribution >= 0.6 is 0 Å². The van der Waals surface area contributed by atoms with Crippen LogP contribution in [0.5, 0.6) is 0 Å². The van der Waals surface area contributed by atoms with Crippen LogP contribution in [0.15, 0.2) is 35.2 Å². The molecule has 0 saturated carbocycles. The molecule has 0 atom stereocenters. The van der Waals surface area contributed by atoms with Crippen molar-refractivity contribution in [3.05, 3.63) is 52.6 Å². The van der Waals surface area contributed by atoms with Gasteiger partial charge in [-0.3, -0.25) is 4.72 Å². The third kappa shape index (κ3) is 3.03. The normalized spacial score (nSPS) is 11.4. The number of nitrogen functional groups attached to an aromatic ring is 1. The lowest BCUT2D eigenvalue weighted by atomic mass is 10.1. The second-order valence-corrected chi connectivity index (χ2v) is 6.98. The molecule has 0 amide bonds. The highest BCUT2D eigenvalue weighted by molar-refractivity contribution is 7.92. The predicted molar refractivity (Wildman–Crippen MR) is 87.1 cm³/mol. The van der Waals surface area contributed by atoms with Gasteiger partial charge in [0.1, 0.15) is 0 Å². The van der Waals surface area contributed by atoms with Crippen molar-refractivity contribution in [1.82, 2.24) is 0 Å². The standard InChI is InChI=1S/C16H20N2O2S/c1-10-8-14(17)13(4)16(9-10)21(19,20)18-15-7-5-6-11(2)12(15)3/h5-9,18H,17H2,1-4H3. The van der Waals surface area contributed by atoms with Gasteiger partial charge in [0.25, 0.3) is 10.0 Å². The summed E-state index contributed by atoms with van der Waals surface area (Å²) in [6.45, 7) is 7.38. The van der Waals surface area contributed by atoms with Gasteiger partial charge in [0.2, 0.25) is 0 Å². The van der Waals surface area contributed by atoms with E-state index in [9.17, 15) is 8.42 Å². The van der Waals surface area contributed by atoms with Crippen LogP contribution in [-0.4, -0.2) is 8.42 Å². The van der Waals surface area contributed by atoms with Crippen LogP contribution in [0.25, 0.3) is 0 Å². The number of hydrogen-bond acceptors (Lipinski definition) is 3. The Morgan fingerprint density at radius 3 is 2.33 bits per heavy atom. The summed E-state index contributed by atoms with van der Waals surface area (Å²) >= 11 is 0. The molecular formula is C16H20N2O2S. The van der Waals surface area contributed by atoms with Crippen molar-refractivity contribution in [2.45, 2.75) is 32.6 Å². The van der Waals surface area contributed by atoms with Gasteiger partial charge in [0.05, 0.1) is 10.6 Å². The maximum atomic E-state index is 12.6. The van der Waals surface area contributed by atoms with E-state index in [-0.39, 0.29) is 4.90 Å². The largest absolute Gasteiger partial charge is 0.398 e. The molecule has 0 aliphatic heterocycles. The molecule has 112 valence electrons. The van der Waals surface area contributed by atoms with Crippen molar-refractivity contribution >= 4 is 21.4 Å². The van der Waals surface area contributed by atoms with E-state index in [1.165, 1.54) is 0 Å². The van der Waals surface area contributed by atoms with Crippen LogP contribution in [0.1, 0.15) is 22.3 Å². The zero-order valence-electron chi connectivity index (χ0n) is 12.7. The Balaban J connectivity index is 2.51. The van der Waals surface area contributed by atoms with E-state index in [0.717, 1.165) is 16.7 Å². The SMILES string of the molecule is Cc1cc(N)c(C)c(S(=O)(=O)Nc2cccc(C)c2C)c1. The van der Waals surface area contributed by atoms with Crippen LogP contribution in [0.4, 0.5) is 11.4 Å². The van der Waals surface area contributed by atoms with Crippen molar-refractivity contribution in [3.8, 4) is 0 Å². The van der Waals surface area contributed by atoms with E-state index in [0.29, 0.717) is 16.9 Å². The molecule has 0 bridgehead atoms. The summed E-state index contributed by atoms with van der Waals surface area (Å²) in [7, 11) is -3.66. The second kappa shape index (κ2) is 5.41. The first kappa shape index (κ1) is 15.4. The van der Waals surface area contributed by atoms with Crippen molar-refractivity contribution in [2.24, 2.45) is 0 Å².